The molecule has 0 bridgehead atoms. The molecule has 1 atom stereocenters. The van der Waals surface area contributed by atoms with Crippen molar-refractivity contribution in [1.29, 1.82) is 0 Å². The summed E-state index contributed by atoms with van der Waals surface area (Å²) in [4.78, 5) is 0. The number of aliphatic hydroxyl groups is 1. The number of hydrogen-bond donors (Lipinski definition) is 2. The third-order valence-electron chi connectivity index (χ3n) is 4.16. The Morgan fingerprint density at radius 1 is 1.29 bits per heavy atom. The van der Waals surface area contributed by atoms with Crippen LogP contribution < -0.4 is 5.32 Å². The van der Waals surface area contributed by atoms with Crippen LogP contribution in [0.4, 0.5) is 0 Å². The minimum Gasteiger partial charge on any atom is -0.387 e. The van der Waals surface area contributed by atoms with Crippen molar-refractivity contribution < 1.29 is 5.11 Å². The third kappa shape index (κ3) is 1.89. The number of fused-ring (bicyclic) bond motifs is 1. The summed E-state index contributed by atoms with van der Waals surface area (Å²) in [5, 5.41) is 18.0. The summed E-state index contributed by atoms with van der Waals surface area (Å²) in [6.45, 7) is 3.56. The molecule has 3 rings (SSSR count). The Labute approximate surface area is 102 Å². The molecule has 2 aliphatic rings. The van der Waals surface area contributed by atoms with Gasteiger partial charge >= 0.3 is 0 Å². The Morgan fingerprint density at radius 2 is 2.06 bits per heavy atom. The first-order valence-electron chi connectivity index (χ1n) is 6.74. The number of nitrogens with one attached hydrogen (secondary N) is 1. The lowest BCUT2D eigenvalue weighted by Crippen LogP contribution is -2.27. The molecule has 17 heavy (non-hydrogen) atoms. The zero-order valence-electron chi connectivity index (χ0n) is 10.4. The maximum atomic E-state index is 10.0. The lowest BCUT2D eigenvalue weighted by molar-refractivity contribution is 0.164. The summed E-state index contributed by atoms with van der Waals surface area (Å²) in [7, 11) is 0. The van der Waals surface area contributed by atoms with Crippen molar-refractivity contribution in [3.05, 3.63) is 17.0 Å². The minimum absolute atomic E-state index is 0.379. The van der Waals surface area contributed by atoms with Crippen LogP contribution in [0.15, 0.2) is 0 Å². The molecule has 0 aromatic carbocycles. The first-order chi connectivity index (χ1) is 8.27. The van der Waals surface area contributed by atoms with Crippen LogP contribution in [0.2, 0.25) is 0 Å². The molecule has 0 spiro atoms. The molecule has 94 valence electrons. The molecule has 1 fully saturated rings. The van der Waals surface area contributed by atoms with Crippen LogP contribution in [-0.4, -0.2) is 21.4 Å². The second-order valence-electron chi connectivity index (χ2n) is 5.33. The van der Waals surface area contributed by atoms with E-state index in [2.05, 4.69) is 16.9 Å². The fourth-order valence-corrected chi connectivity index (χ4v) is 3.27. The van der Waals surface area contributed by atoms with Gasteiger partial charge in [0.2, 0.25) is 0 Å². The lowest BCUT2D eigenvalue weighted by Gasteiger charge is -2.23. The highest BCUT2D eigenvalue weighted by Gasteiger charge is 2.27. The number of rotatable bonds is 1. The largest absolute Gasteiger partial charge is 0.387 e. The summed E-state index contributed by atoms with van der Waals surface area (Å²) >= 11 is 0. The van der Waals surface area contributed by atoms with E-state index in [-0.39, 0.29) is 6.10 Å². The Balaban J connectivity index is 1.95. The first kappa shape index (κ1) is 11.2. The number of β-amino-alcohol motifs (C(OH)–C–C–N with tert-alkyl or cyclic N) is 1. The predicted octanol–water partition coefficient (Wildman–Crippen LogP) is 1.83. The van der Waals surface area contributed by atoms with Gasteiger partial charge in [0.15, 0.2) is 0 Å². The van der Waals surface area contributed by atoms with E-state index in [1.54, 1.807) is 0 Å². The molecule has 0 saturated heterocycles. The van der Waals surface area contributed by atoms with E-state index in [0.717, 1.165) is 17.8 Å². The highest BCUT2D eigenvalue weighted by Crippen LogP contribution is 2.32. The van der Waals surface area contributed by atoms with Gasteiger partial charge in [-0.25, -0.2) is 0 Å². The molecule has 2 heterocycles. The number of hydrogen-bond acceptors (Lipinski definition) is 3. The molecule has 4 nitrogen and oxygen atoms in total. The maximum Gasteiger partial charge on any atom is 0.0950 e. The Bertz CT molecular complexity index is 407. The molecule has 0 radical (unpaired) electrons. The molecule has 1 unspecified atom stereocenters. The van der Waals surface area contributed by atoms with Crippen LogP contribution in [0.3, 0.4) is 0 Å². The van der Waals surface area contributed by atoms with Crippen molar-refractivity contribution in [2.24, 2.45) is 0 Å². The summed E-state index contributed by atoms with van der Waals surface area (Å²) < 4.78 is 2.18. The van der Waals surface area contributed by atoms with Crippen LogP contribution in [0.5, 0.6) is 0 Å². The van der Waals surface area contributed by atoms with Crippen LogP contribution in [0, 0.1) is 6.92 Å². The third-order valence-corrected chi connectivity index (χ3v) is 4.16. The second-order valence-corrected chi connectivity index (χ2v) is 5.33. The van der Waals surface area contributed by atoms with Crippen molar-refractivity contribution in [3.63, 3.8) is 0 Å². The fourth-order valence-electron chi connectivity index (χ4n) is 3.27. The molecule has 2 N–H and O–H groups in total. The van der Waals surface area contributed by atoms with Gasteiger partial charge in [0.25, 0.3) is 0 Å². The fraction of sp³-hybridized carbons (Fsp3) is 0.769. The van der Waals surface area contributed by atoms with Crippen LogP contribution >= 0.6 is 0 Å². The van der Waals surface area contributed by atoms with Crippen molar-refractivity contribution in [3.8, 4) is 0 Å². The van der Waals surface area contributed by atoms with E-state index in [0.29, 0.717) is 12.6 Å². The zero-order chi connectivity index (χ0) is 11.8. The Hall–Kier alpha value is -0.870. The quantitative estimate of drug-likeness (QED) is 0.781. The summed E-state index contributed by atoms with van der Waals surface area (Å²) in [6, 6.07) is 0.557. The molecule has 1 aliphatic heterocycles. The zero-order valence-corrected chi connectivity index (χ0v) is 10.4. The Morgan fingerprint density at radius 3 is 2.76 bits per heavy atom. The van der Waals surface area contributed by atoms with E-state index in [1.165, 1.54) is 37.8 Å². The smallest absolute Gasteiger partial charge is 0.0950 e. The molecule has 1 aromatic rings. The van der Waals surface area contributed by atoms with Crippen molar-refractivity contribution in [2.75, 3.05) is 6.54 Å². The van der Waals surface area contributed by atoms with Gasteiger partial charge in [-0.05, 0) is 19.8 Å². The van der Waals surface area contributed by atoms with E-state index in [4.69, 9.17) is 5.10 Å². The van der Waals surface area contributed by atoms with Gasteiger partial charge in [0.1, 0.15) is 0 Å². The molecular weight excluding hydrogens is 214 g/mol. The molecule has 1 aliphatic carbocycles. The van der Waals surface area contributed by atoms with Gasteiger partial charge in [0, 0.05) is 24.3 Å². The second kappa shape index (κ2) is 4.42. The molecule has 1 aromatic heterocycles. The summed E-state index contributed by atoms with van der Waals surface area (Å²) in [6.07, 6.45) is 6.10. The normalized spacial score (nSPS) is 25.9. The van der Waals surface area contributed by atoms with Crippen LogP contribution in [-0.2, 0) is 6.54 Å². The number of aromatic nitrogens is 2. The van der Waals surface area contributed by atoms with Gasteiger partial charge in [-0.1, -0.05) is 19.3 Å². The van der Waals surface area contributed by atoms with E-state index < -0.39 is 0 Å². The van der Waals surface area contributed by atoms with Crippen molar-refractivity contribution in [1.82, 2.24) is 15.1 Å². The van der Waals surface area contributed by atoms with E-state index >= 15 is 0 Å². The summed E-state index contributed by atoms with van der Waals surface area (Å²) in [5.74, 6) is 0. The van der Waals surface area contributed by atoms with Gasteiger partial charge in [0.05, 0.1) is 17.8 Å². The number of aliphatic hydroxyl groups excluding tert-OH is 1. The molecular formula is C13H21N3O. The lowest BCUT2D eigenvalue weighted by atomic mass is 9.95. The first-order valence-corrected chi connectivity index (χ1v) is 6.74. The average Bonchev–Trinajstić information content (AvgIpc) is 2.69. The van der Waals surface area contributed by atoms with E-state index in [1.807, 2.05) is 0 Å². The van der Waals surface area contributed by atoms with Crippen LogP contribution in [0.25, 0.3) is 0 Å². The van der Waals surface area contributed by atoms with Gasteiger partial charge in [-0.3, -0.25) is 4.68 Å². The highest BCUT2D eigenvalue weighted by atomic mass is 16.3. The van der Waals surface area contributed by atoms with Crippen molar-refractivity contribution >= 4 is 0 Å². The van der Waals surface area contributed by atoms with Gasteiger partial charge in [-0.15, -0.1) is 0 Å². The van der Waals surface area contributed by atoms with E-state index in [9.17, 15) is 5.11 Å². The van der Waals surface area contributed by atoms with Crippen LogP contribution in [0.1, 0.15) is 61.2 Å². The Kier molecular flexibility index (Phi) is 2.92. The predicted molar refractivity (Wildman–Crippen MR) is 65.8 cm³/mol. The SMILES string of the molecule is Cc1c2c(nn1C1CCCCC1)CNCC2O. The average molecular weight is 235 g/mol. The van der Waals surface area contributed by atoms with Crippen molar-refractivity contribution in [2.45, 2.75) is 57.7 Å². The summed E-state index contributed by atoms with van der Waals surface area (Å²) in [5.41, 5.74) is 3.31. The topological polar surface area (TPSA) is 50.1 Å². The standard InChI is InChI=1S/C13H21N3O/c1-9-13-11(7-14-8-12(13)17)15-16(9)10-5-3-2-4-6-10/h10,12,14,17H,2-8H2,1H3. The number of nitrogens with zero attached hydrogens (tertiary/aromatic N) is 2. The molecule has 4 heteroatoms. The maximum absolute atomic E-state index is 10.0. The van der Waals surface area contributed by atoms with Gasteiger partial charge in [-0.2, -0.15) is 5.10 Å². The minimum atomic E-state index is -0.379. The monoisotopic (exact) mass is 235 g/mol. The van der Waals surface area contributed by atoms with Gasteiger partial charge < -0.3 is 10.4 Å². The molecule has 1 saturated carbocycles. The molecule has 0 amide bonds. The highest BCUT2D eigenvalue weighted by molar-refractivity contribution is 5.30.